The second-order valence-electron chi connectivity index (χ2n) is 4.60. The molecule has 0 unspecified atom stereocenters. The Morgan fingerprint density at radius 3 is 2.47 bits per heavy atom. The maximum atomic E-state index is 13.3. The van der Waals surface area contributed by atoms with E-state index in [1.54, 1.807) is 13.8 Å². The molecule has 0 heterocycles. The van der Waals surface area contributed by atoms with Crippen LogP contribution in [0.1, 0.15) is 29.8 Å². The Balaban J connectivity index is 3.19. The van der Waals surface area contributed by atoms with Crippen molar-refractivity contribution in [3.63, 3.8) is 0 Å². The van der Waals surface area contributed by atoms with Gasteiger partial charge in [-0.25, -0.2) is 13.6 Å². The van der Waals surface area contributed by atoms with E-state index in [2.05, 4.69) is 4.74 Å². The number of benzene rings is 1. The third-order valence-electron chi connectivity index (χ3n) is 2.15. The minimum atomic E-state index is -1.20. The highest BCUT2D eigenvalue weighted by Gasteiger charge is 2.20. The first kappa shape index (κ1) is 13.6. The zero-order chi connectivity index (χ0) is 13.2. The summed E-state index contributed by atoms with van der Waals surface area (Å²) in [4.78, 5) is 11.2. The quantitative estimate of drug-likeness (QED) is 0.826. The number of methoxy groups -OCH3 is 1. The molecule has 0 amide bonds. The van der Waals surface area contributed by atoms with Gasteiger partial charge in [-0.2, -0.15) is 0 Å². The highest BCUT2D eigenvalue weighted by Crippen LogP contribution is 2.19. The first-order valence-corrected chi connectivity index (χ1v) is 5.09. The summed E-state index contributed by atoms with van der Waals surface area (Å²) in [5.74, 6) is -3.18. The highest BCUT2D eigenvalue weighted by molar-refractivity contribution is 5.89. The number of hydrogen-bond donors (Lipinski definition) is 1. The van der Waals surface area contributed by atoms with Crippen LogP contribution in [-0.4, -0.2) is 18.6 Å². The monoisotopic (exact) mass is 243 g/mol. The summed E-state index contributed by atoms with van der Waals surface area (Å²) in [6.45, 7) is 3.51. The van der Waals surface area contributed by atoms with Gasteiger partial charge in [-0.1, -0.05) is 0 Å². The van der Waals surface area contributed by atoms with Crippen molar-refractivity contribution >= 4 is 5.97 Å². The van der Waals surface area contributed by atoms with Crippen molar-refractivity contribution in [2.24, 2.45) is 5.73 Å². The normalized spacial score (nSPS) is 11.4. The van der Waals surface area contributed by atoms with Crippen molar-refractivity contribution < 1.29 is 18.3 Å². The van der Waals surface area contributed by atoms with Crippen LogP contribution in [0.25, 0.3) is 0 Å². The van der Waals surface area contributed by atoms with Gasteiger partial charge < -0.3 is 10.5 Å². The third kappa shape index (κ3) is 3.49. The van der Waals surface area contributed by atoms with Crippen molar-refractivity contribution in [3.05, 3.63) is 34.9 Å². The average molecular weight is 243 g/mol. The molecule has 0 aliphatic heterocycles. The minimum Gasteiger partial charge on any atom is -0.465 e. The molecule has 94 valence electrons. The zero-order valence-electron chi connectivity index (χ0n) is 10.0. The predicted octanol–water partition coefficient (Wildman–Crippen LogP) is 2.03. The minimum absolute atomic E-state index is 0.328. The van der Waals surface area contributed by atoms with Gasteiger partial charge in [0.05, 0.1) is 12.7 Å². The van der Waals surface area contributed by atoms with Gasteiger partial charge in [0.2, 0.25) is 0 Å². The highest BCUT2D eigenvalue weighted by atomic mass is 19.2. The molecule has 0 bridgehead atoms. The molecule has 0 fully saturated rings. The summed E-state index contributed by atoms with van der Waals surface area (Å²) in [7, 11) is 1.11. The Labute approximate surface area is 98.6 Å². The summed E-state index contributed by atoms with van der Waals surface area (Å²) in [5.41, 5.74) is 5.26. The van der Waals surface area contributed by atoms with Crippen LogP contribution < -0.4 is 5.73 Å². The van der Waals surface area contributed by atoms with Gasteiger partial charge in [-0.3, -0.25) is 0 Å². The lowest BCUT2D eigenvalue weighted by atomic mass is 9.95. The Kier molecular flexibility index (Phi) is 3.83. The number of rotatable bonds is 3. The molecule has 0 saturated heterocycles. The van der Waals surface area contributed by atoms with Crippen molar-refractivity contribution in [1.29, 1.82) is 0 Å². The third-order valence-corrected chi connectivity index (χ3v) is 2.15. The number of hydrogen-bond acceptors (Lipinski definition) is 3. The van der Waals surface area contributed by atoms with Gasteiger partial charge in [0.25, 0.3) is 0 Å². The van der Waals surface area contributed by atoms with Crippen LogP contribution in [0.5, 0.6) is 0 Å². The summed E-state index contributed by atoms with van der Waals surface area (Å²) < 4.78 is 31.0. The topological polar surface area (TPSA) is 52.3 Å². The van der Waals surface area contributed by atoms with E-state index in [0.29, 0.717) is 12.0 Å². The predicted molar refractivity (Wildman–Crippen MR) is 59.7 cm³/mol. The number of carbonyl (C=O) groups is 1. The molecule has 1 aromatic carbocycles. The molecule has 1 rings (SSSR count). The molecule has 17 heavy (non-hydrogen) atoms. The van der Waals surface area contributed by atoms with Crippen LogP contribution >= 0.6 is 0 Å². The van der Waals surface area contributed by atoms with Gasteiger partial charge >= 0.3 is 5.97 Å². The molecular formula is C12H15F2NO2. The van der Waals surface area contributed by atoms with Crippen molar-refractivity contribution in [1.82, 2.24) is 0 Å². The lowest BCUT2D eigenvalue weighted by Crippen LogP contribution is -2.34. The SMILES string of the molecule is COC(=O)c1cc(CC(C)(C)N)cc(F)c1F. The molecule has 5 heteroatoms. The number of ether oxygens (including phenoxy) is 1. The van der Waals surface area contributed by atoms with Gasteiger partial charge in [0, 0.05) is 5.54 Å². The molecular weight excluding hydrogens is 228 g/mol. The fourth-order valence-corrected chi connectivity index (χ4v) is 1.53. The molecule has 1 aromatic rings. The summed E-state index contributed by atoms with van der Waals surface area (Å²) in [6.07, 6.45) is 0.328. The lowest BCUT2D eigenvalue weighted by molar-refractivity contribution is 0.0594. The van der Waals surface area contributed by atoms with E-state index < -0.39 is 28.7 Å². The van der Waals surface area contributed by atoms with Crippen LogP contribution in [0.15, 0.2) is 12.1 Å². The van der Waals surface area contributed by atoms with E-state index in [1.807, 2.05) is 0 Å². The van der Waals surface area contributed by atoms with Crippen LogP contribution in [0.4, 0.5) is 8.78 Å². The lowest BCUT2D eigenvalue weighted by Gasteiger charge is -2.18. The second kappa shape index (κ2) is 4.79. The Morgan fingerprint density at radius 2 is 2.00 bits per heavy atom. The van der Waals surface area contributed by atoms with Gasteiger partial charge in [0.15, 0.2) is 11.6 Å². The van der Waals surface area contributed by atoms with Gasteiger partial charge in [0.1, 0.15) is 0 Å². The van der Waals surface area contributed by atoms with E-state index >= 15 is 0 Å². The largest absolute Gasteiger partial charge is 0.465 e. The van der Waals surface area contributed by atoms with Gasteiger partial charge in [-0.05, 0) is 38.0 Å². The maximum Gasteiger partial charge on any atom is 0.340 e. The summed E-state index contributed by atoms with van der Waals surface area (Å²) in [6, 6.07) is 2.30. The fraction of sp³-hybridized carbons (Fsp3) is 0.417. The standard InChI is InChI=1S/C12H15F2NO2/c1-12(2,15)6-7-4-8(11(16)17-3)10(14)9(13)5-7/h4-5H,6,15H2,1-3H3. The Morgan fingerprint density at radius 1 is 1.41 bits per heavy atom. The van der Waals surface area contributed by atoms with Gasteiger partial charge in [-0.15, -0.1) is 0 Å². The van der Waals surface area contributed by atoms with Crippen molar-refractivity contribution in [3.8, 4) is 0 Å². The number of carbonyl (C=O) groups excluding carboxylic acids is 1. The number of nitrogens with two attached hydrogens (primary N) is 1. The Bertz CT molecular complexity index is 439. The smallest absolute Gasteiger partial charge is 0.340 e. The van der Waals surface area contributed by atoms with Crippen LogP contribution in [0, 0.1) is 11.6 Å². The molecule has 0 saturated carbocycles. The second-order valence-corrected chi connectivity index (χ2v) is 4.60. The zero-order valence-corrected chi connectivity index (χ0v) is 10.0. The fourth-order valence-electron chi connectivity index (χ4n) is 1.53. The molecule has 0 radical (unpaired) electrons. The van der Waals surface area contributed by atoms with E-state index in [0.717, 1.165) is 13.2 Å². The molecule has 3 nitrogen and oxygen atoms in total. The first-order valence-electron chi connectivity index (χ1n) is 5.09. The maximum absolute atomic E-state index is 13.3. The van der Waals surface area contributed by atoms with E-state index in [-0.39, 0.29) is 0 Å². The van der Waals surface area contributed by atoms with Crippen LogP contribution in [-0.2, 0) is 11.2 Å². The molecule has 0 atom stereocenters. The first-order chi connectivity index (χ1) is 7.74. The summed E-state index contributed by atoms with van der Waals surface area (Å²) >= 11 is 0. The molecule has 0 aliphatic carbocycles. The molecule has 2 N–H and O–H groups in total. The Hall–Kier alpha value is -1.49. The van der Waals surface area contributed by atoms with E-state index in [1.165, 1.54) is 6.07 Å². The van der Waals surface area contributed by atoms with Crippen molar-refractivity contribution in [2.75, 3.05) is 7.11 Å². The van der Waals surface area contributed by atoms with Crippen LogP contribution in [0.2, 0.25) is 0 Å². The number of esters is 1. The summed E-state index contributed by atoms with van der Waals surface area (Å²) in [5, 5.41) is 0. The molecule has 0 aromatic heterocycles. The molecule has 0 aliphatic rings. The van der Waals surface area contributed by atoms with Crippen molar-refractivity contribution in [2.45, 2.75) is 25.8 Å². The molecule has 0 spiro atoms. The average Bonchev–Trinajstić information content (AvgIpc) is 2.19. The van der Waals surface area contributed by atoms with E-state index in [9.17, 15) is 13.6 Å². The van der Waals surface area contributed by atoms with E-state index in [4.69, 9.17) is 5.73 Å². The van der Waals surface area contributed by atoms with Crippen LogP contribution in [0.3, 0.4) is 0 Å². The number of halogens is 2.